The lowest BCUT2D eigenvalue weighted by Gasteiger charge is -2.40. The minimum absolute atomic E-state index is 0.0511. The molecule has 1 aliphatic heterocycles. The molecule has 1 rings (SSSR count). The number of hydrogen-bond acceptors (Lipinski definition) is 10. The van der Waals surface area contributed by atoms with E-state index in [4.69, 9.17) is 9.47 Å². The van der Waals surface area contributed by atoms with Crippen molar-refractivity contribution in [2.75, 3.05) is 13.2 Å². The molecule has 0 aliphatic carbocycles. The van der Waals surface area contributed by atoms with Crippen molar-refractivity contribution in [3.05, 3.63) is 24.3 Å². The average Bonchev–Trinajstić information content (AvgIpc) is 3.25. The number of ether oxygens (including phenoxy) is 2. The van der Waals surface area contributed by atoms with E-state index in [1.165, 1.54) is 148 Å². The Morgan fingerprint density at radius 1 is 0.600 bits per heavy atom. The summed E-state index contributed by atoms with van der Waals surface area (Å²) in [7, 11) is 0. The van der Waals surface area contributed by atoms with Crippen LogP contribution in [0.3, 0.4) is 0 Å². The van der Waals surface area contributed by atoms with Crippen molar-refractivity contribution in [1.82, 2.24) is 5.32 Å². The molecule has 1 amide bonds. The minimum atomic E-state index is -1.67. The highest BCUT2D eigenvalue weighted by Crippen LogP contribution is 2.23. The summed E-state index contributed by atoms with van der Waals surface area (Å²) >= 11 is 0. The van der Waals surface area contributed by atoms with Crippen LogP contribution in [0.1, 0.15) is 213 Å². The quantitative estimate of drug-likeness (QED) is 0.0218. The predicted octanol–water partition coefficient (Wildman–Crippen LogP) is 8.62. The van der Waals surface area contributed by atoms with Crippen molar-refractivity contribution < 1.29 is 50.0 Å². The van der Waals surface area contributed by atoms with Gasteiger partial charge in [-0.3, -0.25) is 4.79 Å². The first kappa shape index (κ1) is 56.6. The average molecular weight is 856 g/mol. The third kappa shape index (κ3) is 28.3. The molecule has 1 saturated heterocycles. The van der Waals surface area contributed by atoms with E-state index in [1.54, 1.807) is 6.08 Å². The molecule has 1 fully saturated rings. The third-order valence-electron chi connectivity index (χ3n) is 12.0. The molecule has 11 heteroatoms. The smallest absolute Gasteiger partial charge is 0.249 e. The second-order valence-electron chi connectivity index (χ2n) is 17.5. The Labute approximate surface area is 365 Å². The maximum Gasteiger partial charge on any atom is 0.249 e. The highest BCUT2D eigenvalue weighted by molar-refractivity contribution is 5.81. The number of aliphatic hydroxyl groups excluding tert-OH is 7. The fraction of sp³-hybridized carbons (Fsp3) is 0.898. The summed E-state index contributed by atoms with van der Waals surface area (Å²) in [5.41, 5.74) is 0. The van der Waals surface area contributed by atoms with Gasteiger partial charge in [-0.05, 0) is 25.7 Å². The lowest BCUT2D eigenvalue weighted by molar-refractivity contribution is -0.303. The van der Waals surface area contributed by atoms with Crippen molar-refractivity contribution >= 4 is 5.91 Å². The highest BCUT2D eigenvalue weighted by atomic mass is 16.7. The molecule has 0 saturated carbocycles. The normalized spacial score (nSPS) is 21.8. The van der Waals surface area contributed by atoms with Crippen LogP contribution in [0.15, 0.2) is 24.3 Å². The molecule has 0 aromatic heterocycles. The first-order valence-corrected chi connectivity index (χ1v) is 24.7. The molecule has 9 unspecified atom stereocenters. The van der Waals surface area contributed by atoms with Gasteiger partial charge in [-0.15, -0.1) is 0 Å². The third-order valence-corrected chi connectivity index (χ3v) is 12.0. The van der Waals surface area contributed by atoms with Crippen LogP contribution < -0.4 is 5.32 Å². The monoisotopic (exact) mass is 856 g/mol. The zero-order valence-corrected chi connectivity index (χ0v) is 38.2. The zero-order valence-electron chi connectivity index (χ0n) is 38.2. The summed E-state index contributed by atoms with van der Waals surface area (Å²) < 4.78 is 11.1. The summed E-state index contributed by atoms with van der Waals surface area (Å²) in [4.78, 5) is 13.0. The van der Waals surface area contributed by atoms with Crippen LogP contribution in [0.5, 0.6) is 0 Å². The summed E-state index contributed by atoms with van der Waals surface area (Å²) in [5, 5.41) is 75.6. The first-order valence-electron chi connectivity index (χ1n) is 24.7. The number of amides is 1. The van der Waals surface area contributed by atoms with Crippen LogP contribution in [-0.2, 0) is 14.3 Å². The number of carbonyl (C=O) groups is 1. The maximum atomic E-state index is 13.0. The van der Waals surface area contributed by atoms with E-state index in [0.29, 0.717) is 19.3 Å². The number of hydrogen-bond donors (Lipinski definition) is 8. The van der Waals surface area contributed by atoms with Gasteiger partial charge in [0.05, 0.1) is 25.4 Å². The standard InChI is InChI=1S/C49H93NO10/c1-3-5-7-9-11-13-15-17-18-19-20-21-22-23-24-25-27-28-30-32-34-36-41(52)44(54)40(39-59-49-47(57)46(56)45(55)43(38-51)60-49)50-48(58)42(53)37-35-33-31-29-26-16-14-12-10-8-6-4-2/h26,29,33,35,40-47,49,51-57H,3-25,27-28,30-32,34,36-39H2,1-2H3,(H,50,58)/b29-26-,35-33-. The van der Waals surface area contributed by atoms with Gasteiger partial charge in [0.25, 0.3) is 0 Å². The van der Waals surface area contributed by atoms with Crippen LogP contribution in [-0.4, -0.2) is 110 Å². The number of allylic oxidation sites excluding steroid dienone is 3. The van der Waals surface area contributed by atoms with E-state index < -0.39 is 74.2 Å². The largest absolute Gasteiger partial charge is 0.394 e. The molecule has 0 bridgehead atoms. The second-order valence-corrected chi connectivity index (χ2v) is 17.5. The number of unbranched alkanes of at least 4 members (excludes halogenated alkanes) is 26. The number of aliphatic hydroxyl groups is 7. The van der Waals surface area contributed by atoms with Crippen molar-refractivity contribution in [2.24, 2.45) is 0 Å². The molecule has 1 aliphatic rings. The van der Waals surface area contributed by atoms with E-state index in [0.717, 1.165) is 25.7 Å². The van der Waals surface area contributed by atoms with Crippen LogP contribution in [0.4, 0.5) is 0 Å². The van der Waals surface area contributed by atoms with E-state index in [9.17, 15) is 40.5 Å². The molecular weight excluding hydrogens is 763 g/mol. The molecule has 0 radical (unpaired) electrons. The van der Waals surface area contributed by atoms with Gasteiger partial charge in [-0.25, -0.2) is 0 Å². The van der Waals surface area contributed by atoms with Crippen molar-refractivity contribution in [1.29, 1.82) is 0 Å². The summed E-state index contributed by atoms with van der Waals surface area (Å²) in [6.45, 7) is 3.40. The van der Waals surface area contributed by atoms with Crippen LogP contribution in [0.25, 0.3) is 0 Å². The van der Waals surface area contributed by atoms with Gasteiger partial charge in [0.1, 0.15) is 36.6 Å². The van der Waals surface area contributed by atoms with Gasteiger partial charge >= 0.3 is 0 Å². The summed E-state index contributed by atoms with van der Waals surface area (Å²) in [5.74, 6) is -0.763. The molecule has 60 heavy (non-hydrogen) atoms. The fourth-order valence-electron chi connectivity index (χ4n) is 7.90. The van der Waals surface area contributed by atoms with Crippen molar-refractivity contribution in [3.8, 4) is 0 Å². The van der Waals surface area contributed by atoms with Gasteiger partial charge in [0.2, 0.25) is 5.91 Å². The van der Waals surface area contributed by atoms with Crippen molar-refractivity contribution in [3.63, 3.8) is 0 Å². The molecule has 0 aromatic carbocycles. The highest BCUT2D eigenvalue weighted by Gasteiger charge is 2.44. The molecule has 0 aromatic rings. The van der Waals surface area contributed by atoms with E-state index in [2.05, 4.69) is 31.3 Å². The SMILES string of the molecule is CCCCCCCC/C=C\C/C=C\CC(O)C(=O)NC(COC1OC(CO)C(O)C(O)C1O)C(O)C(O)CCCCCCCCCCCCCCCCCCCCCCC. The fourth-order valence-corrected chi connectivity index (χ4v) is 7.90. The van der Waals surface area contributed by atoms with Gasteiger partial charge < -0.3 is 50.5 Å². The number of carbonyl (C=O) groups excluding carboxylic acids is 1. The van der Waals surface area contributed by atoms with Crippen molar-refractivity contribution in [2.45, 2.75) is 268 Å². The Hall–Kier alpha value is -1.41. The molecule has 1 heterocycles. The maximum absolute atomic E-state index is 13.0. The lowest BCUT2D eigenvalue weighted by atomic mass is 9.98. The Kier molecular flexibility index (Phi) is 37.0. The zero-order chi connectivity index (χ0) is 44.1. The number of nitrogens with one attached hydrogen (secondary N) is 1. The molecule has 0 spiro atoms. The Morgan fingerprint density at radius 3 is 1.53 bits per heavy atom. The van der Waals surface area contributed by atoms with Gasteiger partial charge in [-0.2, -0.15) is 0 Å². The Bertz CT molecular complexity index is 1030. The van der Waals surface area contributed by atoms with Crippen LogP contribution in [0.2, 0.25) is 0 Å². The number of rotatable bonds is 41. The van der Waals surface area contributed by atoms with Gasteiger partial charge in [0, 0.05) is 6.42 Å². The topological polar surface area (TPSA) is 189 Å². The van der Waals surface area contributed by atoms with Crippen LogP contribution in [0, 0.1) is 0 Å². The second kappa shape index (κ2) is 39.2. The minimum Gasteiger partial charge on any atom is -0.394 e. The van der Waals surface area contributed by atoms with E-state index in [-0.39, 0.29) is 6.42 Å². The van der Waals surface area contributed by atoms with Gasteiger partial charge in [-0.1, -0.05) is 205 Å². The molecule has 354 valence electrons. The summed E-state index contributed by atoms with van der Waals surface area (Å²) in [6.07, 6.45) is 32.5. The Morgan fingerprint density at radius 2 is 1.05 bits per heavy atom. The Balaban J connectivity index is 2.41. The van der Waals surface area contributed by atoms with E-state index in [1.807, 2.05) is 6.08 Å². The van der Waals surface area contributed by atoms with Crippen LogP contribution >= 0.6 is 0 Å². The predicted molar refractivity (Wildman–Crippen MR) is 242 cm³/mol. The molecular formula is C49H93NO10. The molecule has 9 atom stereocenters. The molecule has 8 N–H and O–H groups in total. The molecule has 11 nitrogen and oxygen atoms in total. The van der Waals surface area contributed by atoms with Gasteiger partial charge in [0.15, 0.2) is 6.29 Å². The van der Waals surface area contributed by atoms with E-state index >= 15 is 0 Å². The lowest BCUT2D eigenvalue weighted by Crippen LogP contribution is -2.60. The summed E-state index contributed by atoms with van der Waals surface area (Å²) in [6, 6.07) is -1.20. The first-order chi connectivity index (χ1) is 29.2.